The molecule has 9 nitrogen and oxygen atoms in total. The summed E-state index contributed by atoms with van der Waals surface area (Å²) in [4.78, 5) is 41.1. The molecular formula is C25H19F3N4O5. The van der Waals surface area contributed by atoms with E-state index < -0.39 is 29.7 Å². The second-order valence-electron chi connectivity index (χ2n) is 7.93. The van der Waals surface area contributed by atoms with Crippen LogP contribution in [0.5, 0.6) is 0 Å². The molecule has 0 aliphatic rings. The number of aryl methyl sites for hydroxylation is 1. The maximum atomic E-state index is 13.9. The van der Waals surface area contributed by atoms with Crippen molar-refractivity contribution < 1.29 is 37.0 Å². The van der Waals surface area contributed by atoms with Crippen LogP contribution in [-0.4, -0.2) is 46.7 Å². The van der Waals surface area contributed by atoms with Crippen molar-refractivity contribution in [2.24, 2.45) is 0 Å². The summed E-state index contributed by atoms with van der Waals surface area (Å²) in [5, 5.41) is 6.24. The number of rotatable bonds is 5. The Labute approximate surface area is 207 Å². The van der Waals surface area contributed by atoms with Crippen LogP contribution in [0.4, 0.5) is 18.9 Å². The van der Waals surface area contributed by atoms with Crippen LogP contribution in [0.1, 0.15) is 42.5 Å². The van der Waals surface area contributed by atoms with Crippen molar-refractivity contribution in [3.63, 3.8) is 0 Å². The topological polar surface area (TPSA) is 112 Å². The molecule has 12 heteroatoms. The summed E-state index contributed by atoms with van der Waals surface area (Å²) >= 11 is 0. The number of fused-ring (bicyclic) bond motifs is 1. The number of methoxy groups -OCH3 is 2. The molecule has 0 aliphatic carbocycles. The first-order valence-corrected chi connectivity index (χ1v) is 10.7. The van der Waals surface area contributed by atoms with Gasteiger partial charge in [-0.05, 0) is 31.2 Å². The van der Waals surface area contributed by atoms with E-state index in [1.165, 1.54) is 18.2 Å². The lowest BCUT2D eigenvalue weighted by atomic mass is 10.1. The van der Waals surface area contributed by atoms with Crippen molar-refractivity contribution in [2.45, 2.75) is 13.1 Å². The fraction of sp³-hybridized carbons (Fsp3) is 0.160. The third kappa shape index (κ3) is 5.27. The Morgan fingerprint density at radius 2 is 1.49 bits per heavy atom. The minimum atomic E-state index is -4.79. The average Bonchev–Trinajstić information content (AvgIpc) is 3.31. The van der Waals surface area contributed by atoms with Gasteiger partial charge >= 0.3 is 18.1 Å². The molecule has 2 heterocycles. The fourth-order valence-corrected chi connectivity index (χ4v) is 3.53. The molecule has 4 aromatic rings. The molecule has 2 aromatic carbocycles. The van der Waals surface area contributed by atoms with Gasteiger partial charge in [0, 0.05) is 17.3 Å². The van der Waals surface area contributed by atoms with Crippen LogP contribution in [0.2, 0.25) is 0 Å². The number of hydrogen-bond donors (Lipinski definition) is 1. The maximum Gasteiger partial charge on any atom is 0.433 e. The third-order valence-electron chi connectivity index (χ3n) is 5.33. The molecule has 2 aromatic heterocycles. The van der Waals surface area contributed by atoms with Crippen LogP contribution in [-0.2, 0) is 15.7 Å². The van der Waals surface area contributed by atoms with E-state index >= 15 is 0 Å². The van der Waals surface area contributed by atoms with Gasteiger partial charge in [-0.1, -0.05) is 29.8 Å². The number of hydrogen-bond acceptors (Lipinski definition) is 7. The maximum absolute atomic E-state index is 13.9. The lowest BCUT2D eigenvalue weighted by Gasteiger charge is -2.11. The van der Waals surface area contributed by atoms with Gasteiger partial charge in [0.25, 0.3) is 5.91 Å². The summed E-state index contributed by atoms with van der Waals surface area (Å²) in [6, 6.07) is 12.4. The van der Waals surface area contributed by atoms with Gasteiger partial charge in [-0.2, -0.15) is 18.3 Å². The third-order valence-corrected chi connectivity index (χ3v) is 5.33. The number of alkyl halides is 3. The summed E-state index contributed by atoms with van der Waals surface area (Å²) in [6.45, 7) is 1.85. The van der Waals surface area contributed by atoms with Crippen molar-refractivity contribution in [3.8, 4) is 11.3 Å². The smallest absolute Gasteiger partial charge is 0.433 e. The minimum Gasteiger partial charge on any atom is -0.465 e. The number of carbonyl (C=O) groups excluding carboxylic acids is 3. The molecule has 1 N–H and O–H groups in total. The summed E-state index contributed by atoms with van der Waals surface area (Å²) < 4.78 is 51.4. The highest BCUT2D eigenvalue weighted by Crippen LogP contribution is 2.32. The summed E-state index contributed by atoms with van der Waals surface area (Å²) in [5.74, 6) is -2.46. The van der Waals surface area contributed by atoms with Gasteiger partial charge in [-0.3, -0.25) is 4.79 Å². The highest BCUT2D eigenvalue weighted by Gasteiger charge is 2.35. The number of esters is 2. The molecule has 0 radical (unpaired) electrons. The minimum absolute atomic E-state index is 0.00490. The Balaban J connectivity index is 1.75. The predicted octanol–water partition coefficient (Wildman–Crippen LogP) is 4.55. The Morgan fingerprint density at radius 3 is 2.03 bits per heavy atom. The van der Waals surface area contributed by atoms with Crippen LogP contribution in [0, 0.1) is 6.92 Å². The van der Waals surface area contributed by atoms with Gasteiger partial charge in [0.05, 0.1) is 31.0 Å². The lowest BCUT2D eigenvalue weighted by Crippen LogP contribution is -2.16. The van der Waals surface area contributed by atoms with E-state index in [-0.39, 0.29) is 33.8 Å². The summed E-state index contributed by atoms with van der Waals surface area (Å²) in [7, 11) is 2.27. The van der Waals surface area contributed by atoms with Gasteiger partial charge in [-0.25, -0.2) is 19.1 Å². The number of carbonyl (C=O) groups is 3. The number of nitrogens with zero attached hydrogens (tertiary/aromatic N) is 3. The van der Waals surface area contributed by atoms with E-state index in [9.17, 15) is 27.6 Å². The van der Waals surface area contributed by atoms with Crippen molar-refractivity contribution in [1.82, 2.24) is 14.6 Å². The standard InChI is InChI=1S/C25H19F3N4O5/c1-13-4-6-14(7-5-13)18-11-20(25(26,27)28)32-21(30-18)12-19(31-32)22(33)29-17-9-15(23(34)36-2)8-16(10-17)24(35)37-3/h4-12H,1-3H3,(H,29,33). The number of halogens is 3. The number of aromatic nitrogens is 3. The first kappa shape index (κ1) is 25.4. The van der Waals surface area contributed by atoms with Crippen LogP contribution in [0.25, 0.3) is 16.9 Å². The van der Waals surface area contributed by atoms with Crippen molar-refractivity contribution in [3.05, 3.63) is 82.7 Å². The van der Waals surface area contributed by atoms with Gasteiger partial charge in [0.2, 0.25) is 0 Å². The van der Waals surface area contributed by atoms with Crippen molar-refractivity contribution in [2.75, 3.05) is 19.5 Å². The zero-order valence-corrected chi connectivity index (χ0v) is 19.7. The van der Waals surface area contributed by atoms with E-state index in [2.05, 4.69) is 24.9 Å². The average molecular weight is 512 g/mol. The van der Waals surface area contributed by atoms with E-state index in [1.54, 1.807) is 24.3 Å². The molecule has 0 aliphatic heterocycles. The molecule has 4 rings (SSSR count). The van der Waals surface area contributed by atoms with E-state index in [1.807, 2.05) is 6.92 Å². The number of amides is 1. The Bertz CT molecular complexity index is 1490. The van der Waals surface area contributed by atoms with Crippen LogP contribution >= 0.6 is 0 Å². The zero-order chi connectivity index (χ0) is 26.9. The molecular weight excluding hydrogens is 493 g/mol. The lowest BCUT2D eigenvalue weighted by molar-refractivity contribution is -0.142. The summed E-state index contributed by atoms with van der Waals surface area (Å²) in [5.41, 5.74) is -0.366. The number of nitrogens with one attached hydrogen (secondary N) is 1. The van der Waals surface area contributed by atoms with E-state index in [4.69, 9.17) is 0 Å². The molecule has 0 spiro atoms. The van der Waals surface area contributed by atoms with Crippen LogP contribution in [0.3, 0.4) is 0 Å². The van der Waals surface area contributed by atoms with E-state index in [0.29, 0.717) is 10.1 Å². The quantitative estimate of drug-likeness (QED) is 0.391. The first-order valence-electron chi connectivity index (χ1n) is 10.7. The fourth-order valence-electron chi connectivity index (χ4n) is 3.53. The van der Waals surface area contributed by atoms with Crippen molar-refractivity contribution in [1.29, 1.82) is 0 Å². The van der Waals surface area contributed by atoms with Crippen molar-refractivity contribution >= 4 is 29.2 Å². The largest absolute Gasteiger partial charge is 0.465 e. The second kappa shape index (κ2) is 9.72. The number of benzene rings is 2. The van der Waals surface area contributed by atoms with Gasteiger partial charge in [-0.15, -0.1) is 0 Å². The molecule has 0 fully saturated rings. The Morgan fingerprint density at radius 1 is 0.892 bits per heavy atom. The highest BCUT2D eigenvalue weighted by molar-refractivity contribution is 6.05. The first-order chi connectivity index (χ1) is 17.5. The van der Waals surface area contributed by atoms with Crippen LogP contribution in [0.15, 0.2) is 54.6 Å². The Kier molecular flexibility index (Phi) is 6.66. The monoisotopic (exact) mass is 512 g/mol. The number of anilines is 1. The summed E-state index contributed by atoms with van der Waals surface area (Å²) in [6.07, 6.45) is -4.79. The normalized spacial score (nSPS) is 11.3. The molecule has 0 bridgehead atoms. The SMILES string of the molecule is COC(=O)c1cc(NC(=O)c2cc3nc(-c4ccc(C)cc4)cc(C(F)(F)F)n3n2)cc(C(=O)OC)c1. The molecule has 0 unspecified atom stereocenters. The highest BCUT2D eigenvalue weighted by atomic mass is 19.4. The molecule has 0 saturated carbocycles. The second-order valence-corrected chi connectivity index (χ2v) is 7.93. The molecule has 0 saturated heterocycles. The van der Waals surface area contributed by atoms with Gasteiger partial charge in [0.1, 0.15) is 0 Å². The van der Waals surface area contributed by atoms with E-state index in [0.717, 1.165) is 31.9 Å². The number of ether oxygens (including phenoxy) is 2. The molecule has 1 amide bonds. The molecule has 190 valence electrons. The Hall–Kier alpha value is -4.74. The molecule has 37 heavy (non-hydrogen) atoms. The zero-order valence-electron chi connectivity index (χ0n) is 19.7. The van der Waals surface area contributed by atoms with Gasteiger partial charge in [0.15, 0.2) is 17.0 Å². The molecule has 0 atom stereocenters. The predicted molar refractivity (Wildman–Crippen MR) is 125 cm³/mol. The van der Waals surface area contributed by atoms with Gasteiger partial charge < -0.3 is 14.8 Å². The van der Waals surface area contributed by atoms with Crippen LogP contribution < -0.4 is 5.32 Å².